The van der Waals surface area contributed by atoms with E-state index in [0.29, 0.717) is 31.2 Å². The lowest BCUT2D eigenvalue weighted by Crippen LogP contribution is -2.42. The van der Waals surface area contributed by atoms with E-state index in [4.69, 9.17) is 16.6 Å². The number of guanidine groups is 1. The molecule has 0 rings (SSSR count). The van der Waals surface area contributed by atoms with Crippen LogP contribution in [-0.2, 0) is 4.79 Å². The molecule has 7 nitrogen and oxygen atoms in total. The summed E-state index contributed by atoms with van der Waals surface area (Å²) in [7, 11) is 1.61. The Kier molecular flexibility index (Phi) is 11.4. The maximum absolute atomic E-state index is 11.6. The smallest absolute Gasteiger partial charge is 0.236 e. The molecule has 19 heavy (non-hydrogen) atoms. The van der Waals surface area contributed by atoms with Gasteiger partial charge in [-0.2, -0.15) is 11.8 Å². The topological polar surface area (TPSA) is 126 Å². The number of thioether (sulfide) groups is 1. The van der Waals surface area contributed by atoms with Crippen molar-refractivity contribution in [3.8, 4) is 0 Å². The first kappa shape index (κ1) is 18.0. The monoisotopic (exact) mass is 291 g/mol. The number of carbonyl (C=O) groups is 1. The van der Waals surface area contributed by atoms with Gasteiger partial charge in [0.25, 0.3) is 0 Å². The van der Waals surface area contributed by atoms with Gasteiger partial charge in [0.2, 0.25) is 5.91 Å². The van der Waals surface area contributed by atoms with Gasteiger partial charge in [-0.3, -0.25) is 9.79 Å². The standard InChI is InChI=1S/C11H25N5O2S/c1-14-11(13)16-4-2-3-9(12)10(18)15-5-7-19-8-6-17/h9,17H,2-8,12H2,1H3,(H,15,18)(H3,13,14,16). The number of carbonyl (C=O) groups excluding carboxylic acids is 1. The minimum atomic E-state index is -0.496. The fourth-order valence-corrected chi connectivity index (χ4v) is 1.87. The summed E-state index contributed by atoms with van der Waals surface area (Å²) >= 11 is 1.59. The molecule has 0 heterocycles. The Hall–Kier alpha value is -0.990. The van der Waals surface area contributed by atoms with Gasteiger partial charge >= 0.3 is 0 Å². The summed E-state index contributed by atoms with van der Waals surface area (Å²) in [5.41, 5.74) is 11.2. The number of rotatable bonds is 10. The lowest BCUT2D eigenvalue weighted by Gasteiger charge is -2.12. The van der Waals surface area contributed by atoms with Crippen LogP contribution in [-0.4, -0.2) is 61.3 Å². The largest absolute Gasteiger partial charge is 0.396 e. The van der Waals surface area contributed by atoms with E-state index in [0.717, 1.165) is 12.2 Å². The fourth-order valence-electron chi connectivity index (χ4n) is 1.29. The summed E-state index contributed by atoms with van der Waals surface area (Å²) in [5.74, 6) is 1.72. The number of nitrogens with one attached hydrogen (secondary N) is 2. The van der Waals surface area contributed by atoms with E-state index in [1.54, 1.807) is 18.8 Å². The normalized spacial score (nSPS) is 13.1. The highest BCUT2D eigenvalue weighted by Gasteiger charge is 2.11. The predicted molar refractivity (Wildman–Crippen MR) is 80.2 cm³/mol. The van der Waals surface area contributed by atoms with Gasteiger partial charge in [-0.05, 0) is 12.8 Å². The second-order valence-electron chi connectivity index (χ2n) is 3.91. The van der Waals surface area contributed by atoms with Crippen LogP contribution in [0.3, 0.4) is 0 Å². The van der Waals surface area contributed by atoms with E-state index in [1.807, 2.05) is 0 Å². The fraction of sp³-hybridized carbons (Fsp3) is 0.818. The van der Waals surface area contributed by atoms with Gasteiger partial charge in [-0.1, -0.05) is 0 Å². The number of aliphatic hydroxyl groups excluding tert-OH is 1. The Bertz CT molecular complexity index is 276. The van der Waals surface area contributed by atoms with Gasteiger partial charge in [-0.15, -0.1) is 0 Å². The Morgan fingerprint density at radius 3 is 2.74 bits per heavy atom. The molecule has 1 unspecified atom stereocenters. The minimum Gasteiger partial charge on any atom is -0.396 e. The average molecular weight is 291 g/mol. The molecule has 8 heteroatoms. The highest BCUT2D eigenvalue weighted by molar-refractivity contribution is 7.99. The zero-order chi connectivity index (χ0) is 14.5. The Balaban J connectivity index is 3.53. The zero-order valence-corrected chi connectivity index (χ0v) is 12.2. The second kappa shape index (κ2) is 12.1. The van der Waals surface area contributed by atoms with Crippen LogP contribution in [0.2, 0.25) is 0 Å². The summed E-state index contributed by atoms with van der Waals surface area (Å²) in [6, 6.07) is -0.496. The van der Waals surface area contributed by atoms with Crippen molar-refractivity contribution in [2.24, 2.45) is 16.5 Å². The van der Waals surface area contributed by atoms with Crippen LogP contribution in [0, 0.1) is 0 Å². The third-order valence-electron chi connectivity index (χ3n) is 2.36. The summed E-state index contributed by atoms with van der Waals surface area (Å²) in [6.45, 7) is 1.39. The van der Waals surface area contributed by atoms with Crippen molar-refractivity contribution < 1.29 is 9.90 Å². The third kappa shape index (κ3) is 10.6. The lowest BCUT2D eigenvalue weighted by atomic mass is 10.1. The molecule has 0 aliphatic carbocycles. The number of nitrogens with two attached hydrogens (primary N) is 2. The first-order valence-corrected chi connectivity index (χ1v) is 7.45. The summed E-state index contributed by atoms with van der Waals surface area (Å²) < 4.78 is 0. The number of aliphatic hydroxyl groups is 1. The molecule has 0 aromatic heterocycles. The number of aliphatic imine (C=N–C) groups is 1. The maximum Gasteiger partial charge on any atom is 0.236 e. The Morgan fingerprint density at radius 1 is 1.37 bits per heavy atom. The van der Waals surface area contributed by atoms with Crippen molar-refractivity contribution in [2.45, 2.75) is 18.9 Å². The molecule has 0 spiro atoms. The highest BCUT2D eigenvalue weighted by atomic mass is 32.2. The van der Waals surface area contributed by atoms with Gasteiger partial charge in [0.15, 0.2) is 5.96 Å². The van der Waals surface area contributed by atoms with Crippen molar-refractivity contribution >= 4 is 23.6 Å². The zero-order valence-electron chi connectivity index (χ0n) is 11.4. The quantitative estimate of drug-likeness (QED) is 0.189. The van der Waals surface area contributed by atoms with Gasteiger partial charge < -0.3 is 27.2 Å². The van der Waals surface area contributed by atoms with Crippen molar-refractivity contribution in [2.75, 3.05) is 38.2 Å². The first-order chi connectivity index (χ1) is 9.11. The molecule has 0 bridgehead atoms. The SMILES string of the molecule is CN=C(N)NCCCC(N)C(=O)NCCSCCO. The summed E-state index contributed by atoms with van der Waals surface area (Å²) in [5, 5.41) is 14.3. The molecule has 0 saturated heterocycles. The van der Waals surface area contributed by atoms with Crippen LogP contribution in [0.25, 0.3) is 0 Å². The molecular weight excluding hydrogens is 266 g/mol. The molecule has 1 amide bonds. The molecule has 1 atom stereocenters. The van der Waals surface area contributed by atoms with Gasteiger partial charge in [0.05, 0.1) is 12.6 Å². The minimum absolute atomic E-state index is 0.137. The molecule has 0 saturated carbocycles. The van der Waals surface area contributed by atoms with E-state index in [-0.39, 0.29) is 12.5 Å². The molecule has 0 aliphatic rings. The van der Waals surface area contributed by atoms with E-state index in [2.05, 4.69) is 15.6 Å². The van der Waals surface area contributed by atoms with Gasteiger partial charge in [-0.25, -0.2) is 0 Å². The summed E-state index contributed by atoms with van der Waals surface area (Å²) in [6.07, 6.45) is 1.35. The first-order valence-electron chi connectivity index (χ1n) is 6.29. The van der Waals surface area contributed by atoms with E-state index < -0.39 is 6.04 Å². The van der Waals surface area contributed by atoms with Crippen molar-refractivity contribution in [3.05, 3.63) is 0 Å². The number of hydrogen-bond acceptors (Lipinski definition) is 5. The molecule has 0 aliphatic heterocycles. The number of amides is 1. The molecule has 0 radical (unpaired) electrons. The van der Waals surface area contributed by atoms with Gasteiger partial charge in [0.1, 0.15) is 0 Å². The number of hydrogen-bond donors (Lipinski definition) is 5. The van der Waals surface area contributed by atoms with Crippen molar-refractivity contribution in [1.29, 1.82) is 0 Å². The van der Waals surface area contributed by atoms with Crippen LogP contribution in [0.15, 0.2) is 4.99 Å². The lowest BCUT2D eigenvalue weighted by molar-refractivity contribution is -0.122. The average Bonchev–Trinajstić information content (AvgIpc) is 2.42. The molecule has 0 aromatic carbocycles. The molecule has 112 valence electrons. The molecule has 0 fully saturated rings. The van der Waals surface area contributed by atoms with Crippen LogP contribution in [0.4, 0.5) is 0 Å². The summed E-state index contributed by atoms with van der Waals surface area (Å²) in [4.78, 5) is 15.4. The van der Waals surface area contributed by atoms with E-state index in [9.17, 15) is 4.79 Å². The predicted octanol–water partition coefficient (Wildman–Crippen LogP) is -1.53. The molecule has 7 N–H and O–H groups in total. The molecular formula is C11H25N5O2S. The third-order valence-corrected chi connectivity index (χ3v) is 3.32. The van der Waals surface area contributed by atoms with Crippen molar-refractivity contribution in [1.82, 2.24) is 10.6 Å². The van der Waals surface area contributed by atoms with Crippen LogP contribution >= 0.6 is 11.8 Å². The maximum atomic E-state index is 11.6. The van der Waals surface area contributed by atoms with Crippen LogP contribution < -0.4 is 22.1 Å². The Labute approximate surface area is 118 Å². The Morgan fingerprint density at radius 2 is 2.11 bits per heavy atom. The van der Waals surface area contributed by atoms with E-state index >= 15 is 0 Å². The van der Waals surface area contributed by atoms with Crippen molar-refractivity contribution in [3.63, 3.8) is 0 Å². The highest BCUT2D eigenvalue weighted by Crippen LogP contribution is 1.97. The number of nitrogens with zero attached hydrogens (tertiary/aromatic N) is 1. The molecule has 0 aromatic rings. The van der Waals surface area contributed by atoms with Gasteiger partial charge in [0, 0.05) is 31.6 Å². The second-order valence-corrected chi connectivity index (χ2v) is 5.14. The van der Waals surface area contributed by atoms with E-state index in [1.165, 1.54) is 0 Å². The van der Waals surface area contributed by atoms with Crippen LogP contribution in [0.5, 0.6) is 0 Å². The van der Waals surface area contributed by atoms with Crippen LogP contribution in [0.1, 0.15) is 12.8 Å².